The highest BCUT2D eigenvalue weighted by Crippen LogP contribution is 2.19. The average molecular weight is 488 g/mol. The van der Waals surface area contributed by atoms with Crippen molar-refractivity contribution >= 4 is 29.9 Å². The number of aliphatic imine (C=N–C) groups is 1. The van der Waals surface area contributed by atoms with Crippen molar-refractivity contribution < 1.29 is 4.74 Å². The molecule has 5 nitrogen and oxygen atoms in total. The van der Waals surface area contributed by atoms with Crippen LogP contribution >= 0.6 is 24.0 Å². The lowest BCUT2D eigenvalue weighted by Gasteiger charge is -2.31. The summed E-state index contributed by atoms with van der Waals surface area (Å²) in [7, 11) is 1.73. The number of rotatable bonds is 8. The Kier molecular flexibility index (Phi) is 11.9. The third kappa shape index (κ3) is 9.25. The number of piperidine rings is 1. The van der Waals surface area contributed by atoms with Gasteiger partial charge in [0.05, 0.1) is 6.61 Å². The van der Waals surface area contributed by atoms with Crippen molar-refractivity contribution in [3.05, 3.63) is 35.4 Å². The van der Waals surface area contributed by atoms with E-state index >= 15 is 0 Å². The number of hydrogen-bond donors (Lipinski definition) is 2. The fourth-order valence-electron chi connectivity index (χ4n) is 3.34. The van der Waals surface area contributed by atoms with Crippen molar-refractivity contribution in [3.63, 3.8) is 0 Å². The minimum atomic E-state index is 0. The Labute approximate surface area is 182 Å². The third-order valence-corrected chi connectivity index (χ3v) is 4.89. The zero-order valence-corrected chi connectivity index (χ0v) is 19.7. The van der Waals surface area contributed by atoms with Gasteiger partial charge in [-0.15, -0.1) is 24.0 Å². The normalized spacial score (nSPS) is 17.3. The first kappa shape index (κ1) is 24.2. The Morgan fingerprint density at radius 2 is 1.93 bits per heavy atom. The Bertz CT molecular complexity index is 542. The molecule has 0 aliphatic carbocycles. The molecule has 0 saturated carbocycles. The second kappa shape index (κ2) is 13.3. The number of halogens is 1. The average Bonchev–Trinajstić information content (AvgIpc) is 2.63. The SMILES string of the molecule is CCNC(=NCC1CCN(Cc2ccc(C)cc2)CC1)NC(C)COC.I. The molecule has 1 aliphatic heterocycles. The number of nitrogens with zero attached hydrogens (tertiary/aromatic N) is 2. The largest absolute Gasteiger partial charge is 0.383 e. The van der Waals surface area contributed by atoms with Gasteiger partial charge in [-0.25, -0.2) is 0 Å². The van der Waals surface area contributed by atoms with Crippen LogP contribution in [0.3, 0.4) is 0 Å². The first-order valence-electron chi connectivity index (χ1n) is 9.92. The van der Waals surface area contributed by atoms with E-state index < -0.39 is 0 Å². The van der Waals surface area contributed by atoms with Gasteiger partial charge in [0.25, 0.3) is 0 Å². The molecule has 1 aromatic rings. The van der Waals surface area contributed by atoms with Crippen LogP contribution in [0.5, 0.6) is 0 Å². The first-order chi connectivity index (χ1) is 12.6. The molecule has 1 unspecified atom stereocenters. The van der Waals surface area contributed by atoms with Crippen molar-refractivity contribution in [1.82, 2.24) is 15.5 Å². The van der Waals surface area contributed by atoms with Crippen molar-refractivity contribution in [2.45, 2.75) is 46.2 Å². The predicted octanol–water partition coefficient (Wildman–Crippen LogP) is 3.42. The van der Waals surface area contributed by atoms with E-state index in [4.69, 9.17) is 9.73 Å². The molecule has 1 saturated heterocycles. The van der Waals surface area contributed by atoms with E-state index in [0.717, 1.165) is 38.7 Å². The molecule has 1 aromatic carbocycles. The monoisotopic (exact) mass is 488 g/mol. The molecular formula is C21H37IN4O. The molecule has 0 spiro atoms. The Balaban J connectivity index is 0.00000364. The Morgan fingerprint density at radius 3 is 2.52 bits per heavy atom. The number of aryl methyl sites for hydroxylation is 1. The minimum absolute atomic E-state index is 0. The maximum absolute atomic E-state index is 5.19. The summed E-state index contributed by atoms with van der Waals surface area (Å²) < 4.78 is 5.19. The summed E-state index contributed by atoms with van der Waals surface area (Å²) in [5, 5.41) is 6.74. The van der Waals surface area contributed by atoms with Gasteiger partial charge in [-0.3, -0.25) is 9.89 Å². The molecule has 1 heterocycles. The second-order valence-electron chi connectivity index (χ2n) is 7.43. The number of guanidine groups is 1. The zero-order valence-electron chi connectivity index (χ0n) is 17.3. The standard InChI is InChI=1S/C21H36N4O.HI/c1-5-22-21(24-18(3)16-26-4)23-14-19-10-12-25(13-11-19)15-20-8-6-17(2)7-9-20;/h6-9,18-19H,5,10-16H2,1-4H3,(H2,22,23,24);1H. The van der Waals surface area contributed by atoms with Crippen molar-refractivity contribution in [2.75, 3.05) is 39.9 Å². The molecule has 0 amide bonds. The molecule has 2 rings (SSSR count). The van der Waals surface area contributed by atoms with Crippen LogP contribution < -0.4 is 10.6 Å². The van der Waals surface area contributed by atoms with Crippen LogP contribution in [0.1, 0.15) is 37.8 Å². The summed E-state index contributed by atoms with van der Waals surface area (Å²) in [4.78, 5) is 7.36. The molecule has 2 N–H and O–H groups in total. The van der Waals surface area contributed by atoms with Gasteiger partial charge in [-0.1, -0.05) is 29.8 Å². The van der Waals surface area contributed by atoms with Gasteiger partial charge >= 0.3 is 0 Å². The van der Waals surface area contributed by atoms with Crippen LogP contribution in [0.25, 0.3) is 0 Å². The quantitative estimate of drug-likeness (QED) is 0.335. The lowest BCUT2D eigenvalue weighted by molar-refractivity contribution is 0.177. The highest BCUT2D eigenvalue weighted by molar-refractivity contribution is 14.0. The number of nitrogens with one attached hydrogen (secondary N) is 2. The van der Waals surface area contributed by atoms with Gasteiger partial charge < -0.3 is 15.4 Å². The van der Waals surface area contributed by atoms with Gasteiger partial charge in [0, 0.05) is 32.8 Å². The fourth-order valence-corrected chi connectivity index (χ4v) is 3.34. The lowest BCUT2D eigenvalue weighted by Crippen LogP contribution is -2.44. The van der Waals surface area contributed by atoms with Gasteiger partial charge in [-0.05, 0) is 58.2 Å². The van der Waals surface area contributed by atoms with E-state index in [-0.39, 0.29) is 30.0 Å². The molecule has 1 fully saturated rings. The molecule has 1 atom stereocenters. The molecular weight excluding hydrogens is 451 g/mol. The summed E-state index contributed by atoms with van der Waals surface area (Å²) in [6.07, 6.45) is 2.45. The van der Waals surface area contributed by atoms with E-state index in [1.165, 1.54) is 24.0 Å². The van der Waals surface area contributed by atoms with E-state index in [1.807, 2.05) is 0 Å². The Morgan fingerprint density at radius 1 is 1.26 bits per heavy atom. The smallest absolute Gasteiger partial charge is 0.191 e. The predicted molar refractivity (Wildman–Crippen MR) is 125 cm³/mol. The number of methoxy groups -OCH3 is 1. The van der Waals surface area contributed by atoms with Crippen LogP contribution in [0.4, 0.5) is 0 Å². The third-order valence-electron chi connectivity index (χ3n) is 4.89. The molecule has 0 radical (unpaired) electrons. The summed E-state index contributed by atoms with van der Waals surface area (Å²) in [6.45, 7) is 12.2. The molecule has 0 aromatic heterocycles. The van der Waals surface area contributed by atoms with Gasteiger partial charge in [-0.2, -0.15) is 0 Å². The van der Waals surface area contributed by atoms with Crippen molar-refractivity contribution in [3.8, 4) is 0 Å². The second-order valence-corrected chi connectivity index (χ2v) is 7.43. The molecule has 0 bridgehead atoms. The van der Waals surface area contributed by atoms with E-state index in [0.29, 0.717) is 12.5 Å². The van der Waals surface area contributed by atoms with Crippen LogP contribution in [0, 0.1) is 12.8 Å². The fraction of sp³-hybridized carbons (Fsp3) is 0.667. The molecule has 154 valence electrons. The van der Waals surface area contributed by atoms with Crippen molar-refractivity contribution in [1.29, 1.82) is 0 Å². The lowest BCUT2D eigenvalue weighted by atomic mass is 9.96. The summed E-state index contributed by atoms with van der Waals surface area (Å²) in [5.74, 6) is 1.58. The van der Waals surface area contributed by atoms with Gasteiger partial charge in [0.1, 0.15) is 0 Å². The van der Waals surface area contributed by atoms with Crippen LogP contribution in [-0.2, 0) is 11.3 Å². The summed E-state index contributed by atoms with van der Waals surface area (Å²) in [6, 6.07) is 9.17. The number of likely N-dealkylation sites (tertiary alicyclic amines) is 1. The number of ether oxygens (including phenoxy) is 1. The minimum Gasteiger partial charge on any atom is -0.383 e. The Hall–Kier alpha value is -0.860. The first-order valence-corrected chi connectivity index (χ1v) is 9.92. The molecule has 6 heteroatoms. The zero-order chi connectivity index (χ0) is 18.8. The number of benzene rings is 1. The number of hydrogen-bond acceptors (Lipinski definition) is 3. The maximum atomic E-state index is 5.19. The van der Waals surface area contributed by atoms with Crippen LogP contribution in [0.15, 0.2) is 29.3 Å². The van der Waals surface area contributed by atoms with Crippen LogP contribution in [0.2, 0.25) is 0 Å². The summed E-state index contributed by atoms with van der Waals surface area (Å²) >= 11 is 0. The highest BCUT2D eigenvalue weighted by Gasteiger charge is 2.19. The van der Waals surface area contributed by atoms with Gasteiger partial charge in [0.15, 0.2) is 5.96 Å². The molecule has 1 aliphatic rings. The molecule has 27 heavy (non-hydrogen) atoms. The summed E-state index contributed by atoms with van der Waals surface area (Å²) in [5.41, 5.74) is 2.74. The van der Waals surface area contributed by atoms with E-state index in [1.54, 1.807) is 7.11 Å². The van der Waals surface area contributed by atoms with E-state index in [9.17, 15) is 0 Å². The van der Waals surface area contributed by atoms with Crippen molar-refractivity contribution in [2.24, 2.45) is 10.9 Å². The maximum Gasteiger partial charge on any atom is 0.191 e. The highest BCUT2D eigenvalue weighted by atomic mass is 127. The topological polar surface area (TPSA) is 48.9 Å². The van der Waals surface area contributed by atoms with Gasteiger partial charge in [0.2, 0.25) is 0 Å². The van der Waals surface area contributed by atoms with E-state index in [2.05, 4.69) is 60.6 Å². The van der Waals surface area contributed by atoms with Crippen LogP contribution in [-0.4, -0.2) is 56.8 Å².